The van der Waals surface area contributed by atoms with Crippen molar-refractivity contribution in [2.75, 3.05) is 18.5 Å². The van der Waals surface area contributed by atoms with Crippen LogP contribution in [0.3, 0.4) is 0 Å². The van der Waals surface area contributed by atoms with Crippen LogP contribution in [0.1, 0.15) is 0 Å². The zero-order valence-electron chi connectivity index (χ0n) is 11.3. The maximum Gasteiger partial charge on any atom is 0.262 e. The third-order valence-electron chi connectivity index (χ3n) is 2.55. The second-order valence-corrected chi connectivity index (χ2v) is 4.12. The largest absolute Gasteiger partial charge is 0.484 e. The zero-order valence-corrected chi connectivity index (χ0v) is 11.3. The minimum Gasteiger partial charge on any atom is -0.484 e. The lowest BCUT2D eigenvalue weighted by Crippen LogP contribution is -2.20. The van der Waals surface area contributed by atoms with Gasteiger partial charge in [-0.3, -0.25) is 4.79 Å². The van der Waals surface area contributed by atoms with Gasteiger partial charge in [0.2, 0.25) is 0 Å². The summed E-state index contributed by atoms with van der Waals surface area (Å²) in [4.78, 5) is 11.7. The average Bonchev–Trinajstić information content (AvgIpc) is 2.53. The van der Waals surface area contributed by atoms with Crippen molar-refractivity contribution in [2.24, 2.45) is 0 Å². The fourth-order valence-electron chi connectivity index (χ4n) is 1.61. The van der Waals surface area contributed by atoms with Crippen molar-refractivity contribution in [1.82, 2.24) is 0 Å². The first-order valence-corrected chi connectivity index (χ1v) is 6.35. The van der Waals surface area contributed by atoms with Crippen molar-refractivity contribution in [1.29, 1.82) is 5.26 Å². The van der Waals surface area contributed by atoms with Gasteiger partial charge in [0, 0.05) is 5.69 Å². The molecule has 0 fully saturated rings. The Labute approximate surface area is 122 Å². The maximum atomic E-state index is 11.7. The Morgan fingerprint density at radius 2 is 1.67 bits per heavy atom. The summed E-state index contributed by atoms with van der Waals surface area (Å²) in [6.45, 7) is -0.0622. The lowest BCUT2D eigenvalue weighted by Gasteiger charge is -2.08. The Hall–Kier alpha value is -3.00. The molecule has 1 N–H and O–H groups in total. The summed E-state index contributed by atoms with van der Waals surface area (Å²) >= 11 is 0. The number of para-hydroxylation sites is 1. The van der Waals surface area contributed by atoms with Gasteiger partial charge in [0.25, 0.3) is 5.91 Å². The average molecular weight is 282 g/mol. The predicted molar refractivity (Wildman–Crippen MR) is 78.1 cm³/mol. The summed E-state index contributed by atoms with van der Waals surface area (Å²) in [5, 5.41) is 11.1. The zero-order chi connectivity index (χ0) is 14.9. The number of nitrogens with one attached hydrogen (secondary N) is 1. The van der Waals surface area contributed by atoms with Crippen molar-refractivity contribution < 1.29 is 14.3 Å². The molecule has 0 aliphatic heterocycles. The standard InChI is InChI=1S/C16H14N2O3/c17-10-11-20-15-8-6-13(7-9-15)18-16(19)12-21-14-4-2-1-3-5-14/h1-9H,11-12H2,(H,18,19). The van der Waals surface area contributed by atoms with Crippen LogP contribution in [0.4, 0.5) is 5.69 Å². The molecule has 0 heterocycles. The molecule has 0 aromatic heterocycles. The van der Waals surface area contributed by atoms with Crippen molar-refractivity contribution in [3.63, 3.8) is 0 Å². The quantitative estimate of drug-likeness (QED) is 0.884. The molecule has 0 radical (unpaired) electrons. The monoisotopic (exact) mass is 282 g/mol. The second kappa shape index (κ2) is 7.56. The normalized spacial score (nSPS) is 9.48. The van der Waals surface area contributed by atoms with Gasteiger partial charge in [0.15, 0.2) is 13.2 Å². The Morgan fingerprint density at radius 3 is 2.33 bits per heavy atom. The third-order valence-corrected chi connectivity index (χ3v) is 2.55. The molecule has 1 amide bonds. The molecular formula is C16H14N2O3. The first kappa shape index (κ1) is 14.4. The summed E-state index contributed by atoms with van der Waals surface area (Å²) in [7, 11) is 0. The van der Waals surface area contributed by atoms with Crippen LogP contribution < -0.4 is 14.8 Å². The number of benzene rings is 2. The van der Waals surface area contributed by atoms with E-state index < -0.39 is 0 Å². The van der Waals surface area contributed by atoms with Crippen molar-refractivity contribution in [3.8, 4) is 17.6 Å². The van der Waals surface area contributed by atoms with Crippen molar-refractivity contribution >= 4 is 11.6 Å². The number of nitrogens with zero attached hydrogens (tertiary/aromatic N) is 1. The number of anilines is 1. The van der Waals surface area contributed by atoms with Crippen LogP contribution in [-0.2, 0) is 4.79 Å². The molecule has 0 spiro atoms. The van der Waals surface area contributed by atoms with E-state index in [2.05, 4.69) is 5.32 Å². The van der Waals surface area contributed by atoms with Crippen molar-refractivity contribution in [3.05, 3.63) is 54.6 Å². The van der Waals surface area contributed by atoms with Gasteiger partial charge < -0.3 is 14.8 Å². The molecular weight excluding hydrogens is 268 g/mol. The lowest BCUT2D eigenvalue weighted by atomic mass is 10.3. The van der Waals surface area contributed by atoms with E-state index in [1.165, 1.54) is 0 Å². The number of carbonyl (C=O) groups excluding carboxylic acids is 1. The minimum atomic E-state index is -0.246. The smallest absolute Gasteiger partial charge is 0.262 e. The highest BCUT2D eigenvalue weighted by atomic mass is 16.5. The topological polar surface area (TPSA) is 71.3 Å². The van der Waals surface area contributed by atoms with Gasteiger partial charge in [0.1, 0.15) is 17.6 Å². The Balaban J connectivity index is 1.81. The fourth-order valence-corrected chi connectivity index (χ4v) is 1.61. The van der Waals surface area contributed by atoms with Crippen LogP contribution in [0.15, 0.2) is 54.6 Å². The highest BCUT2D eigenvalue weighted by Crippen LogP contribution is 2.15. The number of nitriles is 1. The van der Waals surface area contributed by atoms with Gasteiger partial charge in [-0.05, 0) is 36.4 Å². The predicted octanol–water partition coefficient (Wildman–Crippen LogP) is 2.61. The summed E-state index contributed by atoms with van der Waals surface area (Å²) in [6.07, 6.45) is 0. The molecule has 106 valence electrons. The molecule has 21 heavy (non-hydrogen) atoms. The number of carbonyl (C=O) groups is 1. The van der Waals surface area contributed by atoms with Gasteiger partial charge >= 0.3 is 0 Å². The van der Waals surface area contributed by atoms with Crippen LogP contribution in [0, 0.1) is 11.3 Å². The lowest BCUT2D eigenvalue weighted by molar-refractivity contribution is -0.118. The van der Waals surface area contributed by atoms with E-state index in [-0.39, 0.29) is 19.1 Å². The number of amides is 1. The molecule has 5 nitrogen and oxygen atoms in total. The molecule has 2 aromatic carbocycles. The first-order valence-electron chi connectivity index (χ1n) is 6.35. The SMILES string of the molecule is N#CCOc1ccc(NC(=O)COc2ccccc2)cc1. The molecule has 2 rings (SSSR count). The number of rotatable bonds is 6. The molecule has 0 saturated carbocycles. The maximum absolute atomic E-state index is 11.7. The summed E-state index contributed by atoms with van der Waals surface area (Å²) in [5.41, 5.74) is 0.640. The summed E-state index contributed by atoms with van der Waals surface area (Å²) < 4.78 is 10.5. The second-order valence-electron chi connectivity index (χ2n) is 4.12. The van der Waals surface area contributed by atoms with Gasteiger partial charge in [-0.2, -0.15) is 5.26 Å². The van der Waals surface area contributed by atoms with Gasteiger partial charge in [0.05, 0.1) is 0 Å². The summed E-state index contributed by atoms with van der Waals surface area (Å²) in [5.74, 6) is 0.979. The Kier molecular flexibility index (Phi) is 5.18. The highest BCUT2D eigenvalue weighted by molar-refractivity contribution is 5.91. The van der Waals surface area contributed by atoms with Crippen LogP contribution in [0.2, 0.25) is 0 Å². The summed E-state index contributed by atoms with van der Waals surface area (Å²) in [6, 6.07) is 17.8. The van der Waals surface area contributed by atoms with Crippen LogP contribution in [0.5, 0.6) is 11.5 Å². The first-order chi connectivity index (χ1) is 10.3. The molecule has 0 aliphatic rings. The number of hydrogen-bond donors (Lipinski definition) is 1. The van der Waals surface area contributed by atoms with E-state index in [1.807, 2.05) is 24.3 Å². The van der Waals surface area contributed by atoms with Crippen LogP contribution in [-0.4, -0.2) is 19.1 Å². The Bertz CT molecular complexity index is 618. The van der Waals surface area contributed by atoms with E-state index in [9.17, 15) is 4.79 Å². The molecule has 0 atom stereocenters. The van der Waals surface area contributed by atoms with Crippen LogP contribution in [0.25, 0.3) is 0 Å². The van der Waals surface area contributed by atoms with E-state index in [0.717, 1.165) is 0 Å². The van der Waals surface area contributed by atoms with E-state index in [0.29, 0.717) is 17.2 Å². The third kappa shape index (κ3) is 4.88. The molecule has 0 aliphatic carbocycles. The number of hydrogen-bond acceptors (Lipinski definition) is 4. The fraction of sp³-hybridized carbons (Fsp3) is 0.125. The van der Waals surface area contributed by atoms with E-state index in [1.54, 1.807) is 36.4 Å². The minimum absolute atomic E-state index is 0.00335. The van der Waals surface area contributed by atoms with Crippen LogP contribution >= 0.6 is 0 Å². The highest BCUT2D eigenvalue weighted by Gasteiger charge is 2.04. The Morgan fingerprint density at radius 1 is 1.00 bits per heavy atom. The molecule has 0 saturated heterocycles. The number of ether oxygens (including phenoxy) is 2. The van der Waals surface area contributed by atoms with Gasteiger partial charge in [-0.1, -0.05) is 18.2 Å². The molecule has 0 unspecified atom stereocenters. The van der Waals surface area contributed by atoms with Crippen molar-refractivity contribution in [2.45, 2.75) is 0 Å². The van der Waals surface area contributed by atoms with E-state index >= 15 is 0 Å². The molecule has 0 bridgehead atoms. The van der Waals surface area contributed by atoms with E-state index in [4.69, 9.17) is 14.7 Å². The molecule has 2 aromatic rings. The molecule has 5 heteroatoms. The van der Waals surface area contributed by atoms with Gasteiger partial charge in [-0.25, -0.2) is 0 Å². The van der Waals surface area contributed by atoms with Gasteiger partial charge in [-0.15, -0.1) is 0 Å².